The van der Waals surface area contributed by atoms with Gasteiger partial charge in [-0.15, -0.1) is 0 Å². The molecule has 0 radical (unpaired) electrons. The fourth-order valence-corrected chi connectivity index (χ4v) is 3.42. The lowest BCUT2D eigenvalue weighted by Gasteiger charge is -2.35. The van der Waals surface area contributed by atoms with Crippen molar-refractivity contribution in [2.45, 2.75) is 57.7 Å². The summed E-state index contributed by atoms with van der Waals surface area (Å²) >= 11 is 6.11. The number of nitrogens with zero attached hydrogens (tertiary/aromatic N) is 1. The van der Waals surface area contributed by atoms with Crippen LogP contribution in [0, 0.1) is 5.82 Å². The molecule has 3 N–H and O–H groups in total. The Labute approximate surface area is 148 Å². The molecule has 0 aliphatic carbocycles. The number of halogens is 2. The van der Waals surface area contributed by atoms with E-state index < -0.39 is 5.54 Å². The Balaban J connectivity index is 1.93. The molecule has 6 heteroatoms. The number of benzene rings is 1. The number of rotatable bonds is 6. The molecule has 2 rings (SSSR count). The molecule has 1 aliphatic rings. The highest BCUT2D eigenvalue weighted by atomic mass is 35.5. The van der Waals surface area contributed by atoms with E-state index in [1.807, 2.05) is 6.92 Å². The molecule has 0 aromatic heterocycles. The van der Waals surface area contributed by atoms with E-state index in [1.165, 1.54) is 12.1 Å². The third-order valence-electron chi connectivity index (χ3n) is 4.54. The van der Waals surface area contributed by atoms with Crippen LogP contribution in [0.5, 0.6) is 0 Å². The monoisotopic (exact) mass is 355 g/mol. The Morgan fingerprint density at radius 3 is 2.96 bits per heavy atom. The van der Waals surface area contributed by atoms with E-state index in [-0.39, 0.29) is 17.8 Å². The molecule has 2 atom stereocenters. The highest BCUT2D eigenvalue weighted by Crippen LogP contribution is 2.21. The van der Waals surface area contributed by atoms with E-state index in [0.29, 0.717) is 18.0 Å². The third kappa shape index (κ3) is 5.16. The summed E-state index contributed by atoms with van der Waals surface area (Å²) in [6, 6.07) is 4.57. The summed E-state index contributed by atoms with van der Waals surface area (Å²) in [5.74, 6) is -0.415. The Kier molecular flexibility index (Phi) is 6.61. The molecule has 1 aromatic carbocycles. The lowest BCUT2D eigenvalue weighted by atomic mass is 9.95. The Morgan fingerprint density at radius 1 is 1.54 bits per heavy atom. The molecule has 0 saturated carbocycles. The smallest absolute Gasteiger partial charge is 0.240 e. The lowest BCUT2D eigenvalue weighted by Crippen LogP contribution is -2.57. The summed E-state index contributed by atoms with van der Waals surface area (Å²) in [5, 5.41) is 3.53. The van der Waals surface area contributed by atoms with Crippen LogP contribution in [0.25, 0.3) is 0 Å². The molecule has 1 heterocycles. The van der Waals surface area contributed by atoms with E-state index in [2.05, 4.69) is 10.2 Å². The highest BCUT2D eigenvalue weighted by molar-refractivity contribution is 6.31. The van der Waals surface area contributed by atoms with Crippen molar-refractivity contribution >= 4 is 17.5 Å². The fourth-order valence-electron chi connectivity index (χ4n) is 3.19. The minimum atomic E-state index is -0.822. The van der Waals surface area contributed by atoms with E-state index in [0.717, 1.165) is 37.9 Å². The van der Waals surface area contributed by atoms with Crippen molar-refractivity contribution in [1.82, 2.24) is 10.2 Å². The molecule has 24 heavy (non-hydrogen) atoms. The number of hydrogen-bond acceptors (Lipinski definition) is 3. The number of carbonyl (C=O) groups is 1. The summed E-state index contributed by atoms with van der Waals surface area (Å²) in [4.78, 5) is 14.6. The van der Waals surface area contributed by atoms with E-state index in [4.69, 9.17) is 17.3 Å². The quantitative estimate of drug-likeness (QED) is 0.824. The van der Waals surface area contributed by atoms with Crippen LogP contribution in [0.2, 0.25) is 5.02 Å². The second kappa shape index (κ2) is 8.28. The predicted molar refractivity (Wildman–Crippen MR) is 95.4 cm³/mol. The van der Waals surface area contributed by atoms with Gasteiger partial charge in [0.1, 0.15) is 5.82 Å². The molecule has 134 valence electrons. The van der Waals surface area contributed by atoms with Gasteiger partial charge in [0.25, 0.3) is 0 Å². The number of amides is 1. The van der Waals surface area contributed by atoms with Gasteiger partial charge in [-0.05, 0) is 50.4 Å². The summed E-state index contributed by atoms with van der Waals surface area (Å²) in [6.07, 6.45) is 3.49. The van der Waals surface area contributed by atoms with Gasteiger partial charge in [0.05, 0.1) is 5.54 Å². The fraction of sp³-hybridized carbons (Fsp3) is 0.611. The molecule has 1 aliphatic heterocycles. The van der Waals surface area contributed by atoms with E-state index >= 15 is 0 Å². The standard InChI is InChI=1S/C18H27ClFN3O/c1-3-8-18(2,21)17(24)22-15-5-4-9-23(12-15)11-13-6-7-14(20)10-16(13)19/h6-7,10,15H,3-5,8-9,11-12,21H2,1-2H3,(H,22,24). The van der Waals surface area contributed by atoms with Crippen LogP contribution < -0.4 is 11.1 Å². The first-order valence-electron chi connectivity index (χ1n) is 8.58. The van der Waals surface area contributed by atoms with Gasteiger partial charge in [-0.1, -0.05) is 31.0 Å². The largest absolute Gasteiger partial charge is 0.350 e. The maximum absolute atomic E-state index is 13.1. The Hall–Kier alpha value is -1.17. The first-order valence-corrected chi connectivity index (χ1v) is 8.95. The number of nitrogens with two attached hydrogens (primary N) is 1. The maximum Gasteiger partial charge on any atom is 0.240 e. The van der Waals surface area contributed by atoms with Crippen molar-refractivity contribution in [3.8, 4) is 0 Å². The van der Waals surface area contributed by atoms with Crippen molar-refractivity contribution in [3.05, 3.63) is 34.6 Å². The topological polar surface area (TPSA) is 58.4 Å². The number of carbonyl (C=O) groups excluding carboxylic acids is 1. The van der Waals surface area contributed by atoms with E-state index in [1.54, 1.807) is 13.0 Å². The number of hydrogen-bond donors (Lipinski definition) is 2. The molecule has 1 saturated heterocycles. The average Bonchev–Trinajstić information content (AvgIpc) is 2.50. The minimum Gasteiger partial charge on any atom is -0.350 e. The zero-order valence-corrected chi connectivity index (χ0v) is 15.2. The minimum absolute atomic E-state index is 0.0870. The number of piperidine rings is 1. The molecule has 1 amide bonds. The van der Waals surface area contributed by atoms with Crippen LogP contribution in [0.1, 0.15) is 45.1 Å². The van der Waals surface area contributed by atoms with Gasteiger partial charge in [-0.25, -0.2) is 4.39 Å². The molecular formula is C18H27ClFN3O. The molecular weight excluding hydrogens is 329 g/mol. The summed E-state index contributed by atoms with van der Waals surface area (Å²) in [7, 11) is 0. The first kappa shape index (κ1) is 19.2. The Bertz CT molecular complexity index is 579. The first-order chi connectivity index (χ1) is 11.3. The average molecular weight is 356 g/mol. The van der Waals surface area contributed by atoms with Gasteiger partial charge >= 0.3 is 0 Å². The van der Waals surface area contributed by atoms with Gasteiger partial charge in [0.2, 0.25) is 5.91 Å². The van der Waals surface area contributed by atoms with Crippen LogP contribution in [0.4, 0.5) is 4.39 Å². The van der Waals surface area contributed by atoms with Crippen LogP contribution >= 0.6 is 11.6 Å². The van der Waals surface area contributed by atoms with Crippen LogP contribution in [-0.2, 0) is 11.3 Å². The predicted octanol–water partition coefficient (Wildman–Crippen LogP) is 3.08. The van der Waals surface area contributed by atoms with Crippen molar-refractivity contribution in [1.29, 1.82) is 0 Å². The molecule has 2 unspecified atom stereocenters. The van der Waals surface area contributed by atoms with Crippen molar-refractivity contribution in [2.24, 2.45) is 5.73 Å². The van der Waals surface area contributed by atoms with Gasteiger partial charge in [0.15, 0.2) is 0 Å². The second-order valence-corrected chi connectivity index (χ2v) is 7.36. The molecule has 1 aromatic rings. The Morgan fingerprint density at radius 2 is 2.29 bits per heavy atom. The molecule has 0 bridgehead atoms. The maximum atomic E-state index is 13.1. The SMILES string of the molecule is CCCC(C)(N)C(=O)NC1CCCN(Cc2ccc(F)cc2Cl)C1. The van der Waals surface area contributed by atoms with Crippen molar-refractivity contribution < 1.29 is 9.18 Å². The molecule has 4 nitrogen and oxygen atoms in total. The number of likely N-dealkylation sites (tertiary alicyclic amines) is 1. The van der Waals surface area contributed by atoms with Crippen LogP contribution in [0.3, 0.4) is 0 Å². The summed E-state index contributed by atoms with van der Waals surface area (Å²) < 4.78 is 13.1. The lowest BCUT2D eigenvalue weighted by molar-refractivity contribution is -0.127. The molecule has 0 spiro atoms. The second-order valence-electron chi connectivity index (χ2n) is 6.95. The number of nitrogens with one attached hydrogen (secondary N) is 1. The van der Waals surface area contributed by atoms with Crippen LogP contribution in [-0.4, -0.2) is 35.5 Å². The summed E-state index contributed by atoms with van der Waals surface area (Å²) in [5.41, 5.74) is 6.18. The van der Waals surface area contributed by atoms with Gasteiger partial charge in [-0.2, -0.15) is 0 Å². The zero-order chi connectivity index (χ0) is 17.7. The zero-order valence-electron chi connectivity index (χ0n) is 14.4. The van der Waals surface area contributed by atoms with Gasteiger partial charge < -0.3 is 11.1 Å². The summed E-state index contributed by atoms with van der Waals surface area (Å²) in [6.45, 7) is 6.15. The normalized spacial score (nSPS) is 21.3. The third-order valence-corrected chi connectivity index (χ3v) is 4.89. The highest BCUT2D eigenvalue weighted by Gasteiger charge is 2.30. The van der Waals surface area contributed by atoms with Crippen LogP contribution in [0.15, 0.2) is 18.2 Å². The van der Waals surface area contributed by atoms with Gasteiger partial charge in [0, 0.05) is 24.2 Å². The molecule has 1 fully saturated rings. The van der Waals surface area contributed by atoms with Gasteiger partial charge in [-0.3, -0.25) is 9.69 Å². The van der Waals surface area contributed by atoms with E-state index in [9.17, 15) is 9.18 Å². The van der Waals surface area contributed by atoms with Crippen molar-refractivity contribution in [3.63, 3.8) is 0 Å². The van der Waals surface area contributed by atoms with Crippen molar-refractivity contribution in [2.75, 3.05) is 13.1 Å².